The van der Waals surface area contributed by atoms with Crippen molar-refractivity contribution >= 4 is 30.0 Å². The van der Waals surface area contributed by atoms with E-state index in [9.17, 15) is 24.0 Å². The van der Waals surface area contributed by atoms with Crippen molar-refractivity contribution in [2.45, 2.75) is 45.6 Å². The molecule has 1 aliphatic carbocycles. The van der Waals surface area contributed by atoms with Gasteiger partial charge >= 0.3 is 24.1 Å². The zero-order chi connectivity index (χ0) is 36.0. The maximum atomic E-state index is 11.8. The van der Waals surface area contributed by atoms with Crippen molar-refractivity contribution in [3.8, 4) is 11.1 Å². The molecule has 266 valence electrons. The Labute approximate surface area is 280 Å². The lowest BCUT2D eigenvalue weighted by Gasteiger charge is -2.19. The predicted molar refractivity (Wildman–Crippen MR) is 179 cm³/mol. The summed E-state index contributed by atoms with van der Waals surface area (Å²) in [7, 11) is 0. The summed E-state index contributed by atoms with van der Waals surface area (Å²) in [6.45, 7) is 8.92. The molecule has 1 aliphatic rings. The normalized spacial score (nSPS) is 11.3. The molecule has 15 nitrogen and oxygen atoms in total. The Morgan fingerprint density at radius 1 is 0.708 bits per heavy atom. The van der Waals surface area contributed by atoms with Crippen molar-refractivity contribution in [2.75, 3.05) is 59.0 Å². The van der Waals surface area contributed by atoms with Crippen LogP contribution in [0.2, 0.25) is 0 Å². The molecule has 0 saturated heterocycles. The Bertz CT molecular complexity index is 1270. The van der Waals surface area contributed by atoms with E-state index in [0.29, 0.717) is 39.1 Å². The van der Waals surface area contributed by atoms with E-state index in [1.54, 1.807) is 20.8 Å². The molecule has 2 aromatic carbocycles. The number of carboxylic acids is 2. The smallest absolute Gasteiger partial charge is 0.407 e. The Morgan fingerprint density at radius 2 is 1.19 bits per heavy atom. The second-order valence-electron chi connectivity index (χ2n) is 11.4. The van der Waals surface area contributed by atoms with Crippen LogP contribution in [0.4, 0.5) is 9.59 Å². The van der Waals surface area contributed by atoms with E-state index in [1.165, 1.54) is 29.2 Å². The van der Waals surface area contributed by atoms with Gasteiger partial charge in [-0.25, -0.2) is 9.59 Å². The van der Waals surface area contributed by atoms with Crippen molar-refractivity contribution in [2.24, 2.45) is 0 Å². The Morgan fingerprint density at radius 3 is 1.62 bits per heavy atom. The first-order valence-electron chi connectivity index (χ1n) is 15.5. The molecule has 0 aliphatic heterocycles. The van der Waals surface area contributed by atoms with Gasteiger partial charge in [-0.2, -0.15) is 0 Å². The monoisotopic (exact) mass is 675 g/mol. The van der Waals surface area contributed by atoms with Gasteiger partial charge in [0.25, 0.3) is 0 Å². The molecular weight excluding hydrogens is 626 g/mol. The quantitative estimate of drug-likeness (QED) is 0.127. The Balaban J connectivity index is 0.000000426. The zero-order valence-corrected chi connectivity index (χ0v) is 28.0. The van der Waals surface area contributed by atoms with E-state index in [2.05, 4.69) is 50.8 Å². The molecule has 3 amide bonds. The SMILES string of the molecule is CC(=O)NCCCO.CC(C)(C)OC(=O)NCCNCC(=O)O.O=C(O)CNCCNC(=O)OCC1c2ccccc2-c2ccccc21. The van der Waals surface area contributed by atoms with Gasteiger partial charge < -0.3 is 51.4 Å². The number of fused-ring (bicyclic) bond motifs is 3. The summed E-state index contributed by atoms with van der Waals surface area (Å²) in [5.41, 5.74) is 4.19. The lowest BCUT2D eigenvalue weighted by Crippen LogP contribution is -2.37. The van der Waals surface area contributed by atoms with E-state index >= 15 is 0 Å². The fourth-order valence-corrected chi connectivity index (χ4v) is 4.20. The van der Waals surface area contributed by atoms with Crippen molar-refractivity contribution in [3.05, 3.63) is 59.7 Å². The number of aliphatic hydroxyl groups is 1. The number of nitrogens with one attached hydrogen (secondary N) is 5. The lowest BCUT2D eigenvalue weighted by atomic mass is 9.98. The molecular formula is C33H49N5O10. The minimum Gasteiger partial charge on any atom is -0.480 e. The van der Waals surface area contributed by atoms with Crippen LogP contribution in [0.25, 0.3) is 11.1 Å². The van der Waals surface area contributed by atoms with Crippen LogP contribution < -0.4 is 26.6 Å². The number of aliphatic hydroxyl groups excluding tert-OH is 1. The van der Waals surface area contributed by atoms with Crippen molar-refractivity contribution in [1.82, 2.24) is 26.6 Å². The number of rotatable bonds is 15. The molecule has 0 aromatic heterocycles. The molecule has 2 aromatic rings. The van der Waals surface area contributed by atoms with Gasteiger partial charge in [0.05, 0.1) is 13.1 Å². The minimum absolute atomic E-state index is 0.0308. The molecule has 0 radical (unpaired) electrons. The van der Waals surface area contributed by atoms with Gasteiger partial charge in [0.1, 0.15) is 12.2 Å². The zero-order valence-electron chi connectivity index (χ0n) is 28.0. The number of carbonyl (C=O) groups excluding carboxylic acids is 3. The first-order chi connectivity index (χ1) is 22.7. The average Bonchev–Trinajstić information content (AvgIpc) is 3.33. The second kappa shape index (κ2) is 22.7. The highest BCUT2D eigenvalue weighted by Crippen LogP contribution is 2.44. The van der Waals surface area contributed by atoms with Crippen LogP contribution in [0, 0.1) is 0 Å². The van der Waals surface area contributed by atoms with E-state index in [-0.39, 0.29) is 38.1 Å². The maximum Gasteiger partial charge on any atom is 0.407 e. The van der Waals surface area contributed by atoms with Crippen molar-refractivity contribution < 1.29 is 48.8 Å². The van der Waals surface area contributed by atoms with E-state index in [0.717, 1.165) is 0 Å². The number of benzene rings is 2. The van der Waals surface area contributed by atoms with Crippen LogP contribution in [0.1, 0.15) is 51.2 Å². The van der Waals surface area contributed by atoms with Gasteiger partial charge in [-0.1, -0.05) is 48.5 Å². The fraction of sp³-hybridized carbons (Fsp3) is 0.485. The van der Waals surface area contributed by atoms with Gasteiger partial charge in [0.15, 0.2) is 0 Å². The number of aliphatic carboxylic acids is 2. The van der Waals surface area contributed by atoms with Crippen molar-refractivity contribution in [3.63, 3.8) is 0 Å². The molecule has 0 heterocycles. The molecule has 0 unspecified atom stereocenters. The molecule has 15 heteroatoms. The summed E-state index contributed by atoms with van der Waals surface area (Å²) < 4.78 is 10.3. The van der Waals surface area contributed by atoms with Crippen LogP contribution >= 0.6 is 0 Å². The molecule has 48 heavy (non-hydrogen) atoms. The van der Waals surface area contributed by atoms with Crippen LogP contribution in [0.3, 0.4) is 0 Å². The van der Waals surface area contributed by atoms with Gasteiger partial charge in [-0.3, -0.25) is 14.4 Å². The number of ether oxygens (including phenoxy) is 2. The number of alkyl carbamates (subject to hydrolysis) is 2. The molecule has 0 atom stereocenters. The van der Waals surface area contributed by atoms with Gasteiger partial charge in [-0.15, -0.1) is 0 Å². The average molecular weight is 676 g/mol. The molecule has 0 saturated carbocycles. The Hall–Kier alpha value is -4.73. The number of amides is 3. The first-order valence-corrected chi connectivity index (χ1v) is 15.5. The number of carbonyl (C=O) groups is 5. The molecule has 0 bridgehead atoms. The fourth-order valence-electron chi connectivity index (χ4n) is 4.20. The first kappa shape index (κ1) is 41.3. The summed E-state index contributed by atoms with van der Waals surface area (Å²) in [6.07, 6.45) is -0.363. The molecule has 8 N–H and O–H groups in total. The third-order valence-corrected chi connectivity index (χ3v) is 6.15. The minimum atomic E-state index is -0.929. The molecule has 3 rings (SSSR count). The van der Waals surface area contributed by atoms with Crippen LogP contribution in [-0.2, 0) is 23.9 Å². The van der Waals surface area contributed by atoms with Gasteiger partial charge in [0, 0.05) is 52.2 Å². The highest BCUT2D eigenvalue weighted by atomic mass is 16.6. The van der Waals surface area contributed by atoms with Gasteiger partial charge in [0.2, 0.25) is 5.91 Å². The number of hydrogen-bond donors (Lipinski definition) is 8. The van der Waals surface area contributed by atoms with Crippen molar-refractivity contribution in [1.29, 1.82) is 0 Å². The van der Waals surface area contributed by atoms with Gasteiger partial charge in [-0.05, 0) is 49.4 Å². The van der Waals surface area contributed by atoms with E-state index in [4.69, 9.17) is 24.8 Å². The third kappa shape index (κ3) is 18.4. The number of carboxylic acid groups (broad SMARTS) is 2. The van der Waals surface area contributed by atoms with Crippen LogP contribution in [-0.4, -0.2) is 110 Å². The summed E-state index contributed by atoms with van der Waals surface area (Å²) in [6, 6.07) is 16.3. The van der Waals surface area contributed by atoms with Crippen LogP contribution in [0.5, 0.6) is 0 Å². The largest absolute Gasteiger partial charge is 0.480 e. The van der Waals surface area contributed by atoms with Crippen LogP contribution in [0.15, 0.2) is 48.5 Å². The summed E-state index contributed by atoms with van der Waals surface area (Å²) in [5.74, 6) is -1.87. The topological polar surface area (TPSA) is 225 Å². The highest BCUT2D eigenvalue weighted by molar-refractivity contribution is 5.79. The van der Waals surface area contributed by atoms with E-state index < -0.39 is 29.7 Å². The molecule has 0 spiro atoms. The maximum absolute atomic E-state index is 11.8. The lowest BCUT2D eigenvalue weighted by molar-refractivity contribution is -0.136. The second-order valence-corrected chi connectivity index (χ2v) is 11.4. The summed E-state index contributed by atoms with van der Waals surface area (Å²) in [5, 5.41) is 38.0. The Kier molecular flexibility index (Phi) is 19.6. The predicted octanol–water partition coefficient (Wildman–Crippen LogP) is 1.89. The summed E-state index contributed by atoms with van der Waals surface area (Å²) in [4.78, 5) is 53.5. The van der Waals surface area contributed by atoms with E-state index in [1.807, 2.05) is 24.3 Å². The highest BCUT2D eigenvalue weighted by Gasteiger charge is 2.28. The number of hydrogen-bond acceptors (Lipinski definition) is 10. The summed E-state index contributed by atoms with van der Waals surface area (Å²) >= 11 is 0. The third-order valence-electron chi connectivity index (χ3n) is 6.15. The molecule has 0 fully saturated rings. The standard InChI is InChI=1S/C19H20N2O4.C9H18N2O4.C5H11NO2/c22-18(23)11-20-9-10-21-19(24)25-12-17-15-7-3-1-5-13(15)14-6-2-4-8-16(14)17;1-9(2,3)15-8(14)11-5-4-10-6-7(12)13;1-5(8)6-3-2-4-7/h1-8,17,20H,9-12H2,(H,21,24)(H,22,23);10H,4-6H2,1-3H3,(H,11,14)(H,12,13);7H,2-4H2,1H3,(H,6,8).